The topological polar surface area (TPSA) is 79.5 Å². The van der Waals surface area contributed by atoms with E-state index < -0.39 is 22.9 Å². The van der Waals surface area contributed by atoms with Crippen molar-refractivity contribution < 1.29 is 19.3 Å². The third-order valence-corrected chi connectivity index (χ3v) is 6.00. The van der Waals surface area contributed by atoms with Crippen LogP contribution in [0.1, 0.15) is 18.1 Å². The molecule has 0 radical (unpaired) electrons. The predicted octanol–water partition coefficient (Wildman–Crippen LogP) is 4.92. The number of phenolic OH excluding ortho intramolecular Hbond substituents is 2. The van der Waals surface area contributed by atoms with E-state index in [9.17, 15) is 10.2 Å². The van der Waals surface area contributed by atoms with Crippen molar-refractivity contribution >= 4 is 16.7 Å². The van der Waals surface area contributed by atoms with Gasteiger partial charge in [-0.05, 0) is 49.2 Å². The number of aryl methyl sites for hydroxylation is 1. The molecule has 4 aromatic rings. The van der Waals surface area contributed by atoms with E-state index >= 15 is 4.39 Å². The van der Waals surface area contributed by atoms with Crippen molar-refractivity contribution in [1.82, 2.24) is 9.55 Å². The number of hydrogen-bond donors (Lipinski definition) is 3. The first-order valence-corrected chi connectivity index (χ1v) is 10.5. The summed E-state index contributed by atoms with van der Waals surface area (Å²) in [5.41, 5.74) is 3.74. The molecule has 1 aromatic heterocycles. The molecule has 1 aliphatic heterocycles. The van der Waals surface area contributed by atoms with Crippen molar-refractivity contribution in [1.29, 1.82) is 0 Å². The maximum absolute atomic E-state index is 15.0. The lowest BCUT2D eigenvalue weighted by atomic mass is 9.98. The van der Waals surface area contributed by atoms with Crippen LogP contribution in [0.5, 0.6) is 11.5 Å². The number of aromatic nitrogens is 2. The number of nitrogens with zero attached hydrogens (tertiary/aromatic N) is 2. The Kier molecular flexibility index (Phi) is 4.78. The fourth-order valence-electron chi connectivity index (χ4n) is 4.17. The lowest BCUT2D eigenvalue weighted by molar-refractivity contribution is -0.0868. The van der Waals surface area contributed by atoms with Gasteiger partial charge in [0.1, 0.15) is 5.82 Å². The molecule has 0 unspecified atom stereocenters. The molecule has 0 spiro atoms. The van der Waals surface area contributed by atoms with Crippen LogP contribution < -0.4 is 5.32 Å². The summed E-state index contributed by atoms with van der Waals surface area (Å²) in [6, 6.07) is 17.5. The molecule has 3 N–H and O–H groups in total. The minimum absolute atomic E-state index is 0.140. The number of hydrogen-bond acceptors (Lipinski definition) is 5. The average molecular weight is 433 g/mol. The Labute approximate surface area is 184 Å². The summed E-state index contributed by atoms with van der Waals surface area (Å²) < 4.78 is 22.5. The van der Waals surface area contributed by atoms with Gasteiger partial charge in [0.2, 0.25) is 0 Å². The van der Waals surface area contributed by atoms with Crippen molar-refractivity contribution in [3.05, 3.63) is 71.5 Å². The number of anilines is 1. The Morgan fingerprint density at radius 2 is 1.84 bits per heavy atom. The number of phenols is 2. The summed E-state index contributed by atoms with van der Waals surface area (Å²) >= 11 is 0. The van der Waals surface area contributed by atoms with Crippen LogP contribution in [-0.4, -0.2) is 33.0 Å². The Hall–Kier alpha value is -3.58. The highest BCUT2D eigenvalue weighted by atomic mass is 19.1. The first-order valence-electron chi connectivity index (χ1n) is 10.5. The van der Waals surface area contributed by atoms with E-state index in [0.717, 1.165) is 16.8 Å². The van der Waals surface area contributed by atoms with E-state index in [2.05, 4.69) is 17.4 Å². The molecular weight excluding hydrogens is 409 g/mol. The Morgan fingerprint density at radius 3 is 2.53 bits per heavy atom. The lowest BCUT2D eigenvalue weighted by Gasteiger charge is -2.40. The van der Waals surface area contributed by atoms with Crippen molar-refractivity contribution in [3.63, 3.8) is 0 Å². The van der Waals surface area contributed by atoms with Crippen molar-refractivity contribution in [2.75, 3.05) is 18.5 Å². The van der Waals surface area contributed by atoms with Gasteiger partial charge in [-0.15, -0.1) is 0 Å². The maximum Gasteiger partial charge on any atom is 0.195 e. The molecule has 2 heterocycles. The molecule has 0 amide bonds. The van der Waals surface area contributed by atoms with Crippen LogP contribution >= 0.6 is 0 Å². The van der Waals surface area contributed by atoms with Crippen LogP contribution in [0.3, 0.4) is 0 Å². The predicted molar refractivity (Wildman–Crippen MR) is 121 cm³/mol. The second-order valence-electron chi connectivity index (χ2n) is 8.56. The van der Waals surface area contributed by atoms with Gasteiger partial charge in [-0.2, -0.15) is 0 Å². The smallest absolute Gasteiger partial charge is 0.195 e. The summed E-state index contributed by atoms with van der Waals surface area (Å²) in [4.78, 5) is 4.75. The summed E-state index contributed by atoms with van der Waals surface area (Å²) in [5, 5.41) is 23.4. The number of halogens is 1. The van der Waals surface area contributed by atoms with E-state index in [0.29, 0.717) is 36.7 Å². The second kappa shape index (κ2) is 7.53. The molecule has 0 aliphatic carbocycles. The second-order valence-corrected chi connectivity index (χ2v) is 8.56. The highest BCUT2D eigenvalue weighted by Crippen LogP contribution is 2.42. The van der Waals surface area contributed by atoms with Gasteiger partial charge in [0.05, 0.1) is 35.3 Å². The van der Waals surface area contributed by atoms with Gasteiger partial charge in [-0.25, -0.2) is 9.37 Å². The quantitative estimate of drug-likeness (QED) is 0.390. The Balaban J connectivity index is 1.62. The standard InChI is InChI=1S/C25H24FN3O3/c1-15-10-18(21(26)23(31)22(15)30)24-28-19-11-17(27-12-16-6-4-3-5-7-16)8-9-20(19)29(24)25(2)13-32-14-25/h3-11,27,30-31H,12-14H2,1-2H3. The van der Waals surface area contributed by atoms with E-state index in [1.807, 2.05) is 47.9 Å². The van der Waals surface area contributed by atoms with Gasteiger partial charge >= 0.3 is 0 Å². The third kappa shape index (κ3) is 3.26. The third-order valence-electron chi connectivity index (χ3n) is 6.00. The zero-order valence-corrected chi connectivity index (χ0v) is 17.9. The Bertz CT molecular complexity index is 1310. The molecule has 1 saturated heterocycles. The summed E-state index contributed by atoms with van der Waals surface area (Å²) in [5.74, 6) is -1.73. The average Bonchev–Trinajstić information content (AvgIpc) is 3.16. The van der Waals surface area contributed by atoms with Gasteiger partial charge in [0, 0.05) is 12.2 Å². The van der Waals surface area contributed by atoms with E-state index in [-0.39, 0.29) is 5.56 Å². The van der Waals surface area contributed by atoms with E-state index in [4.69, 9.17) is 9.72 Å². The van der Waals surface area contributed by atoms with Crippen LogP contribution in [-0.2, 0) is 16.8 Å². The maximum atomic E-state index is 15.0. The largest absolute Gasteiger partial charge is 0.504 e. The van der Waals surface area contributed by atoms with E-state index in [1.165, 1.54) is 6.07 Å². The van der Waals surface area contributed by atoms with Crippen LogP contribution in [0, 0.1) is 12.7 Å². The minimum atomic E-state index is -0.893. The molecule has 1 aliphatic rings. The highest BCUT2D eigenvalue weighted by molar-refractivity contribution is 5.85. The molecular formula is C25H24FN3O3. The number of ether oxygens (including phenoxy) is 1. The molecule has 5 rings (SSSR count). The van der Waals surface area contributed by atoms with Crippen molar-refractivity contribution in [3.8, 4) is 22.9 Å². The first kappa shape index (κ1) is 20.3. The van der Waals surface area contributed by atoms with Gasteiger partial charge < -0.3 is 24.8 Å². The van der Waals surface area contributed by atoms with Gasteiger partial charge in [-0.1, -0.05) is 30.3 Å². The number of benzene rings is 3. The van der Waals surface area contributed by atoms with Gasteiger partial charge in [0.15, 0.2) is 17.3 Å². The summed E-state index contributed by atoms with van der Waals surface area (Å²) in [7, 11) is 0. The van der Waals surface area contributed by atoms with Crippen LogP contribution in [0.15, 0.2) is 54.6 Å². The van der Waals surface area contributed by atoms with E-state index in [1.54, 1.807) is 6.92 Å². The molecule has 1 fully saturated rings. The minimum Gasteiger partial charge on any atom is -0.504 e. The van der Waals surface area contributed by atoms with Crippen molar-refractivity contribution in [2.24, 2.45) is 0 Å². The number of rotatable bonds is 5. The molecule has 164 valence electrons. The molecule has 0 saturated carbocycles. The fraction of sp³-hybridized carbons (Fsp3) is 0.240. The normalized spacial score (nSPS) is 15.0. The first-order chi connectivity index (χ1) is 15.4. The lowest BCUT2D eigenvalue weighted by Crippen LogP contribution is -2.49. The monoisotopic (exact) mass is 433 g/mol. The van der Waals surface area contributed by atoms with Gasteiger partial charge in [-0.3, -0.25) is 0 Å². The molecule has 6 nitrogen and oxygen atoms in total. The zero-order valence-electron chi connectivity index (χ0n) is 17.9. The molecule has 3 aromatic carbocycles. The number of fused-ring (bicyclic) bond motifs is 1. The SMILES string of the molecule is Cc1cc(-c2nc3cc(NCc4ccccc4)ccc3n2C2(C)COC2)c(F)c(O)c1O. The number of aromatic hydroxyl groups is 2. The Morgan fingerprint density at radius 1 is 1.09 bits per heavy atom. The van der Waals surface area contributed by atoms with Gasteiger partial charge in [0.25, 0.3) is 0 Å². The van der Waals surface area contributed by atoms with Crippen LogP contribution in [0.25, 0.3) is 22.4 Å². The summed E-state index contributed by atoms with van der Waals surface area (Å²) in [6.45, 7) is 5.28. The molecule has 32 heavy (non-hydrogen) atoms. The number of nitrogens with one attached hydrogen (secondary N) is 1. The van der Waals surface area contributed by atoms with Crippen molar-refractivity contribution in [2.45, 2.75) is 25.9 Å². The molecule has 0 atom stereocenters. The number of imidazole rings is 1. The van der Waals surface area contributed by atoms with Crippen LogP contribution in [0.4, 0.5) is 10.1 Å². The molecule has 0 bridgehead atoms. The summed E-state index contributed by atoms with van der Waals surface area (Å²) in [6.07, 6.45) is 0. The molecule has 7 heteroatoms. The zero-order chi connectivity index (χ0) is 22.5. The fourth-order valence-corrected chi connectivity index (χ4v) is 4.17. The highest BCUT2D eigenvalue weighted by Gasteiger charge is 2.39. The van der Waals surface area contributed by atoms with Crippen LogP contribution in [0.2, 0.25) is 0 Å².